The molecule has 1 aliphatic carbocycles. The lowest BCUT2D eigenvalue weighted by Crippen LogP contribution is -2.45. The van der Waals surface area contributed by atoms with E-state index in [1.54, 1.807) is 30.3 Å². The third-order valence-electron chi connectivity index (χ3n) is 7.09. The fraction of sp³-hybridized carbons (Fsp3) is 0.407. The first kappa shape index (κ1) is 28.3. The summed E-state index contributed by atoms with van der Waals surface area (Å²) in [5, 5.41) is 9.31. The Bertz CT molecular complexity index is 1440. The molecule has 3 aromatic rings. The van der Waals surface area contributed by atoms with Gasteiger partial charge in [-0.3, -0.25) is 14.3 Å². The number of carbonyl (C=O) groups excluding carboxylic acids is 2. The molecule has 14 heteroatoms. The van der Waals surface area contributed by atoms with E-state index in [1.807, 2.05) is 0 Å². The first-order chi connectivity index (χ1) is 19.4. The molecule has 1 aromatic carbocycles. The van der Waals surface area contributed by atoms with Crippen LogP contribution in [-0.4, -0.2) is 51.7 Å². The van der Waals surface area contributed by atoms with Crippen molar-refractivity contribution in [2.24, 2.45) is 13.0 Å². The summed E-state index contributed by atoms with van der Waals surface area (Å²) in [6.07, 6.45) is -1.36. The molecule has 0 spiro atoms. The predicted molar refractivity (Wildman–Crippen MR) is 138 cm³/mol. The highest BCUT2D eigenvalue weighted by Gasteiger charge is 2.41. The number of aromatic nitrogens is 3. The molecule has 0 radical (unpaired) electrons. The summed E-state index contributed by atoms with van der Waals surface area (Å²) in [5.41, 5.74) is 0.0787. The van der Waals surface area contributed by atoms with Crippen LogP contribution in [0.15, 0.2) is 48.9 Å². The van der Waals surface area contributed by atoms with E-state index in [0.29, 0.717) is 17.6 Å². The maximum Gasteiger partial charge on any atom is 0.417 e. The van der Waals surface area contributed by atoms with Gasteiger partial charge in [0.05, 0.1) is 24.0 Å². The number of nitrogens with one attached hydrogen (secondary N) is 2. The summed E-state index contributed by atoms with van der Waals surface area (Å²) in [5.74, 6) is -4.48. The van der Waals surface area contributed by atoms with Gasteiger partial charge in [-0.1, -0.05) is 6.07 Å². The Labute approximate surface area is 231 Å². The van der Waals surface area contributed by atoms with Crippen LogP contribution in [0.5, 0.6) is 5.88 Å². The molecule has 1 unspecified atom stereocenters. The Kier molecular flexibility index (Phi) is 7.58. The quantitative estimate of drug-likeness (QED) is 0.386. The number of rotatable bonds is 7. The number of benzene rings is 1. The van der Waals surface area contributed by atoms with Crippen molar-refractivity contribution < 1.29 is 36.3 Å². The first-order valence-electron chi connectivity index (χ1n) is 12.9. The number of halogens is 5. The van der Waals surface area contributed by atoms with Gasteiger partial charge in [0.25, 0.3) is 5.91 Å². The summed E-state index contributed by atoms with van der Waals surface area (Å²) >= 11 is 0. The van der Waals surface area contributed by atoms with Crippen molar-refractivity contribution in [3.05, 3.63) is 60.0 Å². The minimum absolute atomic E-state index is 0.00977. The predicted octanol–water partition coefficient (Wildman–Crippen LogP) is 4.93. The summed E-state index contributed by atoms with van der Waals surface area (Å²) < 4.78 is 74.6. The largest absolute Gasteiger partial charge is 0.474 e. The van der Waals surface area contributed by atoms with Crippen molar-refractivity contribution in [1.82, 2.24) is 20.1 Å². The van der Waals surface area contributed by atoms with Crippen LogP contribution in [0.3, 0.4) is 0 Å². The van der Waals surface area contributed by atoms with Gasteiger partial charge in [0.15, 0.2) is 0 Å². The lowest BCUT2D eigenvalue weighted by molar-refractivity contribution is -0.137. The lowest BCUT2D eigenvalue weighted by atomic mass is 9.97. The Morgan fingerprint density at radius 3 is 2.71 bits per heavy atom. The molecule has 1 fully saturated rings. The van der Waals surface area contributed by atoms with Gasteiger partial charge >= 0.3 is 6.18 Å². The zero-order valence-electron chi connectivity index (χ0n) is 21.9. The van der Waals surface area contributed by atoms with Gasteiger partial charge in [-0.2, -0.15) is 18.3 Å². The maximum absolute atomic E-state index is 13.9. The van der Waals surface area contributed by atoms with E-state index in [2.05, 4.69) is 20.7 Å². The van der Waals surface area contributed by atoms with E-state index in [-0.39, 0.29) is 56.0 Å². The molecule has 41 heavy (non-hydrogen) atoms. The molecule has 1 saturated carbocycles. The number of alkyl halides is 5. The van der Waals surface area contributed by atoms with Crippen molar-refractivity contribution in [1.29, 1.82) is 0 Å². The number of nitrogens with zero attached hydrogens (tertiary/aromatic N) is 4. The van der Waals surface area contributed by atoms with Crippen LogP contribution in [0, 0.1) is 5.92 Å². The SMILES string of the molecule is Cn1cc(NC(=O)[C@H](CC2CCC(F)(F)C2)NC(=O)c2cccc(N3CCOc4ncc(C(F)(F)F)cc43)c2)cn1. The van der Waals surface area contributed by atoms with Crippen LogP contribution in [0.4, 0.5) is 39.0 Å². The van der Waals surface area contributed by atoms with Gasteiger partial charge in [-0.15, -0.1) is 0 Å². The number of anilines is 3. The number of hydrogen-bond acceptors (Lipinski definition) is 6. The molecular weight excluding hydrogens is 551 g/mol. The molecule has 2 atom stereocenters. The van der Waals surface area contributed by atoms with E-state index in [9.17, 15) is 31.5 Å². The van der Waals surface area contributed by atoms with Crippen LogP contribution in [0.1, 0.15) is 41.6 Å². The topological polar surface area (TPSA) is 101 Å². The highest BCUT2D eigenvalue weighted by molar-refractivity contribution is 6.01. The van der Waals surface area contributed by atoms with Gasteiger partial charge < -0.3 is 20.3 Å². The standard InChI is InChI=1S/C27H27F5N6O3/c1-37-15-19(14-34-37)35-24(40)21(9-16-5-6-26(28,29)12-16)36-23(39)17-3-2-4-20(10-17)38-7-8-41-25-22(38)11-18(13-33-25)27(30,31)32/h2-4,10-11,13-16,21H,5-9,12H2,1H3,(H,35,40)(H,36,39)/t16?,21-/m0/s1. The van der Waals surface area contributed by atoms with Crippen LogP contribution in [0.25, 0.3) is 0 Å². The van der Waals surface area contributed by atoms with Crippen molar-refractivity contribution in [3.8, 4) is 5.88 Å². The highest BCUT2D eigenvalue weighted by atomic mass is 19.4. The fourth-order valence-corrected chi connectivity index (χ4v) is 5.10. The number of carbonyl (C=O) groups is 2. The highest BCUT2D eigenvalue weighted by Crippen LogP contribution is 2.41. The Hall–Kier alpha value is -4.23. The van der Waals surface area contributed by atoms with Gasteiger partial charge in [-0.25, -0.2) is 13.8 Å². The van der Waals surface area contributed by atoms with Gasteiger partial charge in [0.1, 0.15) is 18.3 Å². The molecule has 0 saturated heterocycles. The number of amides is 2. The number of hydrogen-bond donors (Lipinski definition) is 2. The van der Waals surface area contributed by atoms with E-state index >= 15 is 0 Å². The maximum atomic E-state index is 13.9. The third-order valence-corrected chi connectivity index (χ3v) is 7.09. The molecular formula is C27H27F5N6O3. The first-order valence-corrected chi connectivity index (χ1v) is 12.9. The Morgan fingerprint density at radius 1 is 1.22 bits per heavy atom. The number of fused-ring (bicyclic) bond motifs is 1. The zero-order chi connectivity index (χ0) is 29.4. The number of ether oxygens (including phenoxy) is 1. The van der Waals surface area contributed by atoms with Crippen molar-refractivity contribution in [2.45, 2.75) is 43.8 Å². The number of aryl methyl sites for hydroxylation is 1. The smallest absolute Gasteiger partial charge is 0.417 e. The van der Waals surface area contributed by atoms with Crippen LogP contribution < -0.4 is 20.3 Å². The third kappa shape index (κ3) is 6.57. The average Bonchev–Trinajstić information content (AvgIpc) is 3.50. The molecule has 2 N–H and O–H groups in total. The summed E-state index contributed by atoms with van der Waals surface area (Å²) in [4.78, 5) is 31.8. The molecule has 2 amide bonds. The number of pyridine rings is 1. The van der Waals surface area contributed by atoms with Crippen molar-refractivity contribution in [3.63, 3.8) is 0 Å². The van der Waals surface area contributed by atoms with Crippen LogP contribution in [0.2, 0.25) is 0 Å². The normalized spacial score (nSPS) is 18.8. The average molecular weight is 579 g/mol. The van der Waals surface area contributed by atoms with Gasteiger partial charge in [0, 0.05) is 43.5 Å². The molecule has 3 heterocycles. The minimum Gasteiger partial charge on any atom is -0.474 e. The molecule has 5 rings (SSSR count). The summed E-state index contributed by atoms with van der Waals surface area (Å²) in [7, 11) is 1.66. The van der Waals surface area contributed by atoms with E-state index in [0.717, 1.165) is 6.07 Å². The monoisotopic (exact) mass is 578 g/mol. The Balaban J connectivity index is 1.37. The second kappa shape index (κ2) is 11.0. The molecule has 218 valence electrons. The molecule has 2 aromatic heterocycles. The minimum atomic E-state index is -4.61. The second-order valence-corrected chi connectivity index (χ2v) is 10.2. The van der Waals surface area contributed by atoms with E-state index < -0.39 is 41.4 Å². The van der Waals surface area contributed by atoms with E-state index in [1.165, 1.54) is 23.0 Å². The molecule has 1 aliphatic heterocycles. The molecule has 2 aliphatic rings. The molecule has 0 bridgehead atoms. The zero-order valence-corrected chi connectivity index (χ0v) is 21.9. The van der Waals surface area contributed by atoms with Crippen molar-refractivity contribution in [2.75, 3.05) is 23.4 Å². The summed E-state index contributed by atoms with van der Waals surface area (Å²) in [6, 6.07) is 5.97. The van der Waals surface area contributed by atoms with E-state index in [4.69, 9.17) is 4.74 Å². The van der Waals surface area contributed by atoms with Gasteiger partial charge in [0.2, 0.25) is 17.7 Å². The van der Waals surface area contributed by atoms with Crippen LogP contribution in [-0.2, 0) is 18.0 Å². The summed E-state index contributed by atoms with van der Waals surface area (Å²) in [6.45, 7) is 0.359. The van der Waals surface area contributed by atoms with Gasteiger partial charge in [-0.05, 0) is 43.0 Å². The Morgan fingerprint density at radius 2 is 2.02 bits per heavy atom. The van der Waals surface area contributed by atoms with Crippen LogP contribution >= 0.6 is 0 Å². The van der Waals surface area contributed by atoms with Crippen molar-refractivity contribution >= 4 is 28.9 Å². The lowest BCUT2D eigenvalue weighted by Gasteiger charge is -2.31. The fourth-order valence-electron chi connectivity index (χ4n) is 5.10. The second-order valence-electron chi connectivity index (χ2n) is 10.2. The molecule has 9 nitrogen and oxygen atoms in total.